The largest absolute Gasteiger partial charge is 0.508 e. The molecule has 1 aliphatic rings. The number of aryl methyl sites for hydroxylation is 1. The smallest absolute Gasteiger partial charge is 0.182 e. The number of aromatic nitrogens is 3. The van der Waals surface area contributed by atoms with Crippen molar-refractivity contribution >= 4 is 11.0 Å². The summed E-state index contributed by atoms with van der Waals surface area (Å²) in [7, 11) is 0. The molecule has 0 bridgehead atoms. The minimum atomic E-state index is -0.507. The molecule has 3 aromatic rings. The monoisotopic (exact) mass is 369 g/mol. The van der Waals surface area contributed by atoms with Crippen molar-refractivity contribution in [3.63, 3.8) is 0 Å². The Balaban J connectivity index is 1.77. The number of nitrogens with two attached hydrogens (primary N) is 1. The van der Waals surface area contributed by atoms with E-state index in [0.29, 0.717) is 23.4 Å². The van der Waals surface area contributed by atoms with E-state index in [0.717, 1.165) is 48.6 Å². The summed E-state index contributed by atoms with van der Waals surface area (Å²) in [6, 6.07) is 6.02. The molecule has 142 valence electrons. The number of fused-ring (bicyclic) bond motifs is 1. The Morgan fingerprint density at radius 2 is 2.19 bits per heavy atom. The predicted octanol–water partition coefficient (Wildman–Crippen LogP) is 3.09. The number of hydrogen-bond donors (Lipinski definition) is 3. The summed E-state index contributed by atoms with van der Waals surface area (Å²) in [6.45, 7) is 6.55. The SMILES string of the molecule is Cc1[nH]nc2nc(-c3ccc(O)cc3F)cc(CN3CCCC(C)(N)C3)c12. The molecule has 1 saturated heterocycles. The Labute approximate surface area is 157 Å². The van der Waals surface area contributed by atoms with Crippen molar-refractivity contribution in [3.05, 3.63) is 41.3 Å². The molecule has 4 N–H and O–H groups in total. The average Bonchev–Trinajstić information content (AvgIpc) is 2.95. The normalized spacial score (nSPS) is 21.0. The molecular formula is C20H24FN5O. The minimum absolute atomic E-state index is 0.108. The lowest BCUT2D eigenvalue weighted by molar-refractivity contribution is 0.154. The molecule has 2 aromatic heterocycles. The van der Waals surface area contributed by atoms with Crippen LogP contribution in [0.1, 0.15) is 31.0 Å². The van der Waals surface area contributed by atoms with Crippen molar-refractivity contribution in [2.24, 2.45) is 5.73 Å². The van der Waals surface area contributed by atoms with Gasteiger partial charge in [-0.25, -0.2) is 9.37 Å². The molecule has 0 amide bonds. The standard InChI is InChI=1S/C20H24FN5O/c1-12-18-13(10-26-7-3-6-20(2,22)11-26)8-17(23-19(18)25-24-12)15-5-4-14(27)9-16(15)21/h4-5,8-9,27H,3,6-7,10-11,22H2,1-2H3,(H,23,24,25). The number of nitrogens with one attached hydrogen (secondary N) is 1. The first-order valence-corrected chi connectivity index (χ1v) is 9.17. The number of halogens is 1. The van der Waals surface area contributed by atoms with E-state index in [9.17, 15) is 9.50 Å². The Kier molecular flexibility index (Phi) is 4.36. The number of nitrogens with zero attached hydrogens (tertiary/aromatic N) is 3. The molecule has 6 nitrogen and oxygen atoms in total. The Morgan fingerprint density at radius 3 is 2.93 bits per heavy atom. The Bertz CT molecular complexity index is 997. The van der Waals surface area contributed by atoms with Crippen molar-refractivity contribution in [2.45, 2.75) is 38.8 Å². The highest BCUT2D eigenvalue weighted by Gasteiger charge is 2.27. The molecule has 1 aliphatic heterocycles. The van der Waals surface area contributed by atoms with Crippen LogP contribution < -0.4 is 5.73 Å². The maximum absolute atomic E-state index is 14.4. The fourth-order valence-corrected chi connectivity index (χ4v) is 3.99. The lowest BCUT2D eigenvalue weighted by Crippen LogP contribution is -2.51. The van der Waals surface area contributed by atoms with Gasteiger partial charge in [-0.3, -0.25) is 10.00 Å². The minimum Gasteiger partial charge on any atom is -0.508 e. The van der Waals surface area contributed by atoms with Gasteiger partial charge in [-0.2, -0.15) is 5.10 Å². The van der Waals surface area contributed by atoms with Gasteiger partial charge in [0.25, 0.3) is 0 Å². The van der Waals surface area contributed by atoms with Gasteiger partial charge in [0.2, 0.25) is 0 Å². The number of benzene rings is 1. The molecule has 0 aliphatic carbocycles. The van der Waals surface area contributed by atoms with E-state index < -0.39 is 5.82 Å². The average molecular weight is 369 g/mol. The van der Waals surface area contributed by atoms with Crippen molar-refractivity contribution in [1.29, 1.82) is 0 Å². The van der Waals surface area contributed by atoms with Gasteiger partial charge in [0.05, 0.1) is 5.69 Å². The molecule has 1 aromatic carbocycles. The maximum atomic E-state index is 14.4. The highest BCUT2D eigenvalue weighted by atomic mass is 19.1. The summed E-state index contributed by atoms with van der Waals surface area (Å²) in [5.74, 6) is -0.615. The van der Waals surface area contributed by atoms with Crippen LogP contribution in [0, 0.1) is 12.7 Å². The number of phenolic OH excluding ortho intramolecular Hbond substituents is 1. The zero-order chi connectivity index (χ0) is 19.2. The quantitative estimate of drug-likeness (QED) is 0.660. The van der Waals surface area contributed by atoms with Crippen molar-refractivity contribution < 1.29 is 9.50 Å². The number of pyridine rings is 1. The van der Waals surface area contributed by atoms with Crippen LogP contribution in [0.2, 0.25) is 0 Å². The van der Waals surface area contributed by atoms with E-state index in [4.69, 9.17) is 5.73 Å². The van der Waals surface area contributed by atoms with E-state index in [1.165, 1.54) is 6.07 Å². The molecule has 1 fully saturated rings. The number of aromatic amines is 1. The molecule has 0 saturated carbocycles. The lowest BCUT2D eigenvalue weighted by Gasteiger charge is -2.38. The summed E-state index contributed by atoms with van der Waals surface area (Å²) in [5, 5.41) is 17.7. The highest BCUT2D eigenvalue weighted by Crippen LogP contribution is 2.30. The van der Waals surface area contributed by atoms with Crippen molar-refractivity contribution in [1.82, 2.24) is 20.1 Å². The molecule has 3 heterocycles. The maximum Gasteiger partial charge on any atom is 0.182 e. The summed E-state index contributed by atoms with van der Waals surface area (Å²) < 4.78 is 14.4. The van der Waals surface area contributed by atoms with Gasteiger partial charge >= 0.3 is 0 Å². The van der Waals surface area contributed by atoms with Gasteiger partial charge in [0.1, 0.15) is 11.6 Å². The molecule has 0 spiro atoms. The molecule has 1 atom stereocenters. The summed E-state index contributed by atoms with van der Waals surface area (Å²) in [4.78, 5) is 6.87. The molecular weight excluding hydrogens is 345 g/mol. The first-order valence-electron chi connectivity index (χ1n) is 9.17. The third-order valence-electron chi connectivity index (χ3n) is 5.22. The third kappa shape index (κ3) is 3.52. The molecule has 4 rings (SSSR count). The fraction of sp³-hybridized carbons (Fsp3) is 0.400. The molecule has 27 heavy (non-hydrogen) atoms. The zero-order valence-electron chi connectivity index (χ0n) is 15.6. The third-order valence-corrected chi connectivity index (χ3v) is 5.22. The first-order chi connectivity index (χ1) is 12.8. The number of piperidine rings is 1. The summed E-state index contributed by atoms with van der Waals surface area (Å²) in [6.07, 6.45) is 2.08. The molecule has 0 radical (unpaired) electrons. The van der Waals surface area contributed by atoms with E-state index in [2.05, 4.69) is 27.0 Å². The van der Waals surface area contributed by atoms with E-state index >= 15 is 0 Å². The van der Waals surface area contributed by atoms with Crippen LogP contribution in [0.25, 0.3) is 22.3 Å². The van der Waals surface area contributed by atoms with Crippen LogP contribution in [-0.4, -0.2) is 43.8 Å². The number of likely N-dealkylation sites (tertiary alicyclic amines) is 1. The van der Waals surface area contributed by atoms with Gasteiger partial charge in [0, 0.05) is 41.3 Å². The number of H-pyrrole nitrogens is 1. The van der Waals surface area contributed by atoms with Gasteiger partial charge in [0.15, 0.2) is 5.65 Å². The van der Waals surface area contributed by atoms with E-state index in [1.807, 2.05) is 13.0 Å². The Hall–Kier alpha value is -2.51. The summed E-state index contributed by atoms with van der Waals surface area (Å²) >= 11 is 0. The predicted molar refractivity (Wildman–Crippen MR) is 103 cm³/mol. The van der Waals surface area contributed by atoms with E-state index in [-0.39, 0.29) is 11.3 Å². The van der Waals surface area contributed by atoms with Crippen LogP contribution in [0.5, 0.6) is 5.75 Å². The molecule has 7 heteroatoms. The van der Waals surface area contributed by atoms with Gasteiger partial charge in [-0.1, -0.05) is 0 Å². The van der Waals surface area contributed by atoms with Crippen LogP contribution in [-0.2, 0) is 6.54 Å². The number of rotatable bonds is 3. The van der Waals surface area contributed by atoms with Crippen LogP contribution in [0.4, 0.5) is 4.39 Å². The van der Waals surface area contributed by atoms with Crippen molar-refractivity contribution in [2.75, 3.05) is 13.1 Å². The fourth-order valence-electron chi connectivity index (χ4n) is 3.99. The van der Waals surface area contributed by atoms with Gasteiger partial charge < -0.3 is 10.8 Å². The lowest BCUT2D eigenvalue weighted by atomic mass is 9.92. The second-order valence-corrected chi connectivity index (χ2v) is 7.85. The molecule has 1 unspecified atom stereocenters. The Morgan fingerprint density at radius 1 is 1.37 bits per heavy atom. The highest BCUT2D eigenvalue weighted by molar-refractivity contribution is 5.84. The van der Waals surface area contributed by atoms with Gasteiger partial charge in [-0.05, 0) is 57.0 Å². The topological polar surface area (TPSA) is 91.1 Å². The van der Waals surface area contributed by atoms with E-state index in [1.54, 1.807) is 6.07 Å². The van der Waals surface area contributed by atoms with Crippen LogP contribution >= 0.6 is 0 Å². The second kappa shape index (κ2) is 6.58. The van der Waals surface area contributed by atoms with Crippen LogP contribution in [0.3, 0.4) is 0 Å². The number of phenols is 1. The van der Waals surface area contributed by atoms with Crippen LogP contribution in [0.15, 0.2) is 24.3 Å². The first kappa shape index (κ1) is 17.9. The second-order valence-electron chi connectivity index (χ2n) is 7.85. The van der Waals surface area contributed by atoms with Gasteiger partial charge in [-0.15, -0.1) is 0 Å². The zero-order valence-corrected chi connectivity index (χ0v) is 15.6. The van der Waals surface area contributed by atoms with Crippen molar-refractivity contribution in [3.8, 4) is 17.0 Å². The number of aromatic hydroxyl groups is 1. The number of hydrogen-bond acceptors (Lipinski definition) is 5. The summed E-state index contributed by atoms with van der Waals surface area (Å²) in [5.41, 5.74) is 9.57.